The van der Waals surface area contributed by atoms with E-state index in [-0.39, 0.29) is 11.9 Å². The largest absolute Gasteiger partial charge is 0.312 e. The van der Waals surface area contributed by atoms with Crippen molar-refractivity contribution in [3.05, 3.63) is 56.4 Å². The van der Waals surface area contributed by atoms with Gasteiger partial charge < -0.3 is 5.32 Å². The van der Waals surface area contributed by atoms with Crippen molar-refractivity contribution in [1.29, 1.82) is 0 Å². The van der Waals surface area contributed by atoms with Gasteiger partial charge in [-0.15, -0.1) is 11.3 Å². The van der Waals surface area contributed by atoms with Gasteiger partial charge in [0.1, 0.15) is 5.82 Å². The Hall–Kier alpha value is -0.710. The summed E-state index contributed by atoms with van der Waals surface area (Å²) >= 11 is 5.26. The minimum absolute atomic E-state index is 0.188. The first-order chi connectivity index (χ1) is 8.20. The predicted molar refractivity (Wildman–Crippen MR) is 73.9 cm³/mol. The minimum atomic E-state index is -0.188. The number of thiophene rings is 1. The Morgan fingerprint density at radius 2 is 2.00 bits per heavy atom. The summed E-state index contributed by atoms with van der Waals surface area (Å²) in [5.74, 6) is -0.188. The van der Waals surface area contributed by atoms with Gasteiger partial charge in [0.2, 0.25) is 0 Å². The van der Waals surface area contributed by atoms with Crippen LogP contribution in [0.1, 0.15) is 16.5 Å². The van der Waals surface area contributed by atoms with Crippen LogP contribution < -0.4 is 5.32 Å². The molecule has 17 heavy (non-hydrogen) atoms. The molecule has 1 aromatic heterocycles. The molecule has 90 valence electrons. The summed E-state index contributed by atoms with van der Waals surface area (Å²) in [5.41, 5.74) is 1.13. The first kappa shape index (κ1) is 12.7. The zero-order chi connectivity index (χ0) is 12.3. The van der Waals surface area contributed by atoms with Crippen molar-refractivity contribution in [2.45, 2.75) is 12.5 Å². The fraction of sp³-hybridized carbons (Fsp3) is 0.231. The summed E-state index contributed by atoms with van der Waals surface area (Å²) in [6, 6.07) is 8.99. The van der Waals surface area contributed by atoms with Crippen LogP contribution in [0, 0.1) is 5.82 Å². The van der Waals surface area contributed by atoms with E-state index in [0.717, 1.165) is 16.5 Å². The van der Waals surface area contributed by atoms with Crippen LogP contribution in [0.25, 0.3) is 0 Å². The lowest BCUT2D eigenvalue weighted by atomic mass is 10.0. The molecule has 1 heterocycles. The Morgan fingerprint density at radius 3 is 2.53 bits per heavy atom. The third kappa shape index (κ3) is 3.15. The van der Waals surface area contributed by atoms with Crippen LogP contribution in [0.15, 0.2) is 40.2 Å². The number of nitrogens with one attached hydrogen (secondary N) is 1. The molecule has 1 unspecified atom stereocenters. The van der Waals surface area contributed by atoms with Crippen molar-refractivity contribution in [2.75, 3.05) is 7.05 Å². The van der Waals surface area contributed by atoms with E-state index in [1.807, 2.05) is 19.2 Å². The second kappa shape index (κ2) is 5.76. The average Bonchev–Trinajstić information content (AvgIpc) is 2.75. The summed E-state index contributed by atoms with van der Waals surface area (Å²) in [6.07, 6.45) is 0.857. The zero-order valence-corrected chi connectivity index (χ0v) is 11.8. The van der Waals surface area contributed by atoms with E-state index in [1.54, 1.807) is 11.3 Å². The number of rotatable bonds is 4. The fourth-order valence-corrected chi connectivity index (χ4v) is 3.50. The van der Waals surface area contributed by atoms with Crippen LogP contribution in [0.3, 0.4) is 0 Å². The van der Waals surface area contributed by atoms with Gasteiger partial charge in [0.15, 0.2) is 0 Å². The smallest absolute Gasteiger partial charge is 0.123 e. The molecule has 0 spiro atoms. The standard InChI is InChI=1S/C13H13BrFNS/c1-16-12(13-11(14)6-7-17-13)8-9-2-4-10(15)5-3-9/h2-7,12,16H,8H2,1H3. The maximum Gasteiger partial charge on any atom is 0.123 e. The van der Waals surface area contributed by atoms with E-state index in [9.17, 15) is 4.39 Å². The van der Waals surface area contributed by atoms with E-state index in [2.05, 4.69) is 32.7 Å². The van der Waals surface area contributed by atoms with Crippen molar-refractivity contribution in [3.63, 3.8) is 0 Å². The maximum atomic E-state index is 12.8. The van der Waals surface area contributed by atoms with E-state index in [4.69, 9.17) is 0 Å². The van der Waals surface area contributed by atoms with Crippen molar-refractivity contribution in [2.24, 2.45) is 0 Å². The Morgan fingerprint density at radius 1 is 1.29 bits per heavy atom. The van der Waals surface area contributed by atoms with Gasteiger partial charge in [-0.05, 0) is 58.5 Å². The number of hydrogen-bond donors (Lipinski definition) is 1. The highest BCUT2D eigenvalue weighted by molar-refractivity contribution is 9.10. The van der Waals surface area contributed by atoms with E-state index >= 15 is 0 Å². The molecular formula is C13H13BrFNS. The van der Waals surface area contributed by atoms with E-state index in [1.165, 1.54) is 17.0 Å². The lowest BCUT2D eigenvalue weighted by Crippen LogP contribution is -2.18. The van der Waals surface area contributed by atoms with Gasteiger partial charge in [0.05, 0.1) is 0 Å². The van der Waals surface area contributed by atoms with Gasteiger partial charge in [-0.2, -0.15) is 0 Å². The molecule has 1 atom stereocenters. The number of halogens is 2. The van der Waals surface area contributed by atoms with E-state index in [0.29, 0.717) is 0 Å². The topological polar surface area (TPSA) is 12.0 Å². The zero-order valence-electron chi connectivity index (χ0n) is 9.41. The fourth-order valence-electron chi connectivity index (χ4n) is 1.74. The molecule has 0 saturated carbocycles. The quantitative estimate of drug-likeness (QED) is 0.894. The highest BCUT2D eigenvalue weighted by atomic mass is 79.9. The molecule has 0 bridgehead atoms. The third-order valence-electron chi connectivity index (χ3n) is 2.66. The lowest BCUT2D eigenvalue weighted by Gasteiger charge is -2.15. The highest BCUT2D eigenvalue weighted by Crippen LogP contribution is 2.30. The molecule has 2 aromatic rings. The Balaban J connectivity index is 2.16. The Labute approximate surface area is 113 Å². The molecule has 0 radical (unpaired) electrons. The number of likely N-dealkylation sites (N-methyl/N-ethyl adjacent to an activating group) is 1. The van der Waals surface area contributed by atoms with Gasteiger partial charge in [-0.1, -0.05) is 12.1 Å². The van der Waals surface area contributed by atoms with Crippen LogP contribution in [0.5, 0.6) is 0 Å². The van der Waals surface area contributed by atoms with Gasteiger partial charge in [-0.25, -0.2) is 4.39 Å². The monoisotopic (exact) mass is 313 g/mol. The molecule has 1 N–H and O–H groups in total. The predicted octanol–water partition coefficient (Wildman–Crippen LogP) is 4.15. The Kier molecular flexibility index (Phi) is 4.31. The first-order valence-electron chi connectivity index (χ1n) is 5.35. The molecule has 0 aliphatic heterocycles. The maximum absolute atomic E-state index is 12.8. The summed E-state index contributed by atoms with van der Waals surface area (Å²) < 4.78 is 14.0. The molecule has 0 saturated heterocycles. The number of hydrogen-bond acceptors (Lipinski definition) is 2. The van der Waals surface area contributed by atoms with Crippen molar-refractivity contribution in [1.82, 2.24) is 5.32 Å². The second-order valence-corrected chi connectivity index (χ2v) is 5.61. The summed E-state index contributed by atoms with van der Waals surface area (Å²) in [7, 11) is 1.94. The SMILES string of the molecule is CNC(Cc1ccc(F)cc1)c1sccc1Br. The van der Waals surface area contributed by atoms with Gasteiger partial charge in [-0.3, -0.25) is 0 Å². The molecule has 0 fully saturated rings. The lowest BCUT2D eigenvalue weighted by molar-refractivity contribution is 0.596. The van der Waals surface area contributed by atoms with Crippen molar-refractivity contribution >= 4 is 27.3 Å². The molecule has 0 aliphatic carbocycles. The summed E-state index contributed by atoms with van der Waals surface area (Å²) in [4.78, 5) is 1.27. The van der Waals surface area contributed by atoms with Gasteiger partial charge in [0.25, 0.3) is 0 Å². The van der Waals surface area contributed by atoms with Crippen LogP contribution in [0.4, 0.5) is 4.39 Å². The van der Waals surface area contributed by atoms with Crippen molar-refractivity contribution < 1.29 is 4.39 Å². The van der Waals surface area contributed by atoms with Crippen LogP contribution in [-0.4, -0.2) is 7.05 Å². The Bertz CT molecular complexity index is 480. The first-order valence-corrected chi connectivity index (χ1v) is 7.02. The summed E-state index contributed by atoms with van der Waals surface area (Å²) in [5, 5.41) is 5.36. The van der Waals surface area contributed by atoms with E-state index < -0.39 is 0 Å². The molecule has 1 aromatic carbocycles. The van der Waals surface area contributed by atoms with Crippen LogP contribution >= 0.6 is 27.3 Å². The number of benzene rings is 1. The normalized spacial score (nSPS) is 12.6. The molecule has 2 rings (SSSR count). The summed E-state index contributed by atoms with van der Waals surface area (Å²) in [6.45, 7) is 0. The molecule has 1 nitrogen and oxygen atoms in total. The van der Waals surface area contributed by atoms with Crippen LogP contribution in [-0.2, 0) is 6.42 Å². The second-order valence-electron chi connectivity index (χ2n) is 3.80. The molecule has 4 heteroatoms. The minimum Gasteiger partial charge on any atom is -0.312 e. The third-order valence-corrected chi connectivity index (χ3v) is 4.65. The van der Waals surface area contributed by atoms with Gasteiger partial charge >= 0.3 is 0 Å². The van der Waals surface area contributed by atoms with Crippen molar-refractivity contribution in [3.8, 4) is 0 Å². The average molecular weight is 314 g/mol. The molecular weight excluding hydrogens is 301 g/mol. The molecule has 0 amide bonds. The van der Waals surface area contributed by atoms with Gasteiger partial charge in [0, 0.05) is 15.4 Å². The highest BCUT2D eigenvalue weighted by Gasteiger charge is 2.14. The molecule has 0 aliphatic rings. The van der Waals surface area contributed by atoms with Crippen LogP contribution in [0.2, 0.25) is 0 Å².